The molecule has 0 aromatic carbocycles. The summed E-state index contributed by atoms with van der Waals surface area (Å²) in [5.41, 5.74) is 0. The lowest BCUT2D eigenvalue weighted by Gasteiger charge is -2.28. The van der Waals surface area contributed by atoms with E-state index in [1.165, 1.54) is 11.8 Å². The SMILES string of the molecule is CNc1cc(N2CCS(=O)(=O)CC2)nc(SC)n1. The average Bonchev–Trinajstić information content (AvgIpc) is 2.38. The zero-order valence-electron chi connectivity index (χ0n) is 10.4. The van der Waals surface area contributed by atoms with E-state index in [2.05, 4.69) is 15.3 Å². The lowest BCUT2D eigenvalue weighted by Crippen LogP contribution is -2.40. The lowest BCUT2D eigenvalue weighted by atomic mass is 10.4. The summed E-state index contributed by atoms with van der Waals surface area (Å²) >= 11 is 1.47. The number of sulfone groups is 1. The standard InChI is InChI=1S/C10H16N4O2S2/c1-11-8-7-9(13-10(12-8)17-2)14-3-5-18(15,16)6-4-14/h7H,3-6H2,1-2H3,(H,11,12,13). The zero-order chi connectivity index (χ0) is 13.2. The predicted molar refractivity (Wildman–Crippen MR) is 74.2 cm³/mol. The molecule has 1 aromatic rings. The van der Waals surface area contributed by atoms with Crippen molar-refractivity contribution in [1.29, 1.82) is 0 Å². The fraction of sp³-hybridized carbons (Fsp3) is 0.600. The summed E-state index contributed by atoms with van der Waals surface area (Å²) in [5.74, 6) is 1.92. The van der Waals surface area contributed by atoms with Gasteiger partial charge in [-0.2, -0.15) is 0 Å². The fourth-order valence-electron chi connectivity index (χ4n) is 1.74. The molecule has 1 fully saturated rings. The molecule has 0 bridgehead atoms. The largest absolute Gasteiger partial charge is 0.373 e. The van der Waals surface area contributed by atoms with E-state index < -0.39 is 9.84 Å². The molecular formula is C10H16N4O2S2. The van der Waals surface area contributed by atoms with Crippen LogP contribution in [-0.2, 0) is 9.84 Å². The van der Waals surface area contributed by atoms with Gasteiger partial charge in [-0.25, -0.2) is 18.4 Å². The molecule has 1 aromatic heterocycles. The van der Waals surface area contributed by atoms with E-state index in [4.69, 9.17) is 0 Å². The third-order valence-corrected chi connectivity index (χ3v) is 4.96. The van der Waals surface area contributed by atoms with Crippen LogP contribution in [0.25, 0.3) is 0 Å². The van der Waals surface area contributed by atoms with Gasteiger partial charge in [-0.15, -0.1) is 0 Å². The lowest BCUT2D eigenvalue weighted by molar-refractivity contribution is 0.586. The second kappa shape index (κ2) is 5.31. The van der Waals surface area contributed by atoms with Crippen molar-refractivity contribution < 1.29 is 8.42 Å². The van der Waals surface area contributed by atoms with Crippen LogP contribution in [0.1, 0.15) is 0 Å². The minimum Gasteiger partial charge on any atom is -0.373 e. The van der Waals surface area contributed by atoms with Crippen molar-refractivity contribution in [3.05, 3.63) is 6.07 Å². The van der Waals surface area contributed by atoms with Crippen molar-refractivity contribution in [2.45, 2.75) is 5.16 Å². The Kier molecular flexibility index (Phi) is 3.96. The molecular weight excluding hydrogens is 272 g/mol. The van der Waals surface area contributed by atoms with Crippen LogP contribution >= 0.6 is 11.8 Å². The summed E-state index contributed by atoms with van der Waals surface area (Å²) in [5, 5.41) is 3.67. The monoisotopic (exact) mass is 288 g/mol. The van der Waals surface area contributed by atoms with Gasteiger partial charge in [-0.3, -0.25) is 0 Å². The van der Waals surface area contributed by atoms with Gasteiger partial charge in [0.2, 0.25) is 0 Å². The van der Waals surface area contributed by atoms with Crippen LogP contribution in [0, 0.1) is 0 Å². The summed E-state index contributed by atoms with van der Waals surface area (Å²) in [6, 6.07) is 1.84. The van der Waals surface area contributed by atoms with Crippen LogP contribution in [-0.4, -0.2) is 56.3 Å². The van der Waals surface area contributed by atoms with Gasteiger partial charge in [0, 0.05) is 26.2 Å². The van der Waals surface area contributed by atoms with Crippen molar-refractivity contribution in [2.75, 3.05) is 48.1 Å². The number of rotatable bonds is 3. The third kappa shape index (κ3) is 3.05. The molecule has 1 aliphatic rings. The van der Waals surface area contributed by atoms with Gasteiger partial charge in [0.25, 0.3) is 0 Å². The van der Waals surface area contributed by atoms with E-state index in [0.29, 0.717) is 18.2 Å². The Hall–Kier alpha value is -1.02. The van der Waals surface area contributed by atoms with Gasteiger partial charge in [0.15, 0.2) is 15.0 Å². The molecule has 0 amide bonds. The predicted octanol–water partition coefficient (Wildman–Crippen LogP) is 0.475. The highest BCUT2D eigenvalue weighted by molar-refractivity contribution is 7.98. The maximum Gasteiger partial charge on any atom is 0.191 e. The van der Waals surface area contributed by atoms with Crippen LogP contribution in [0.2, 0.25) is 0 Å². The molecule has 18 heavy (non-hydrogen) atoms. The van der Waals surface area contributed by atoms with E-state index in [0.717, 1.165) is 11.6 Å². The first kappa shape index (κ1) is 13.4. The molecule has 0 spiro atoms. The van der Waals surface area contributed by atoms with E-state index in [9.17, 15) is 8.42 Å². The highest BCUT2D eigenvalue weighted by atomic mass is 32.2. The normalized spacial score (nSPS) is 18.7. The first-order valence-corrected chi connectivity index (χ1v) is 8.65. The number of hydrogen-bond donors (Lipinski definition) is 1. The van der Waals surface area contributed by atoms with Crippen molar-refractivity contribution in [2.24, 2.45) is 0 Å². The van der Waals surface area contributed by atoms with Crippen LogP contribution in [0.3, 0.4) is 0 Å². The van der Waals surface area contributed by atoms with Gasteiger partial charge >= 0.3 is 0 Å². The zero-order valence-corrected chi connectivity index (χ0v) is 12.0. The number of aromatic nitrogens is 2. The Bertz CT molecular complexity index is 496. The van der Waals surface area contributed by atoms with Gasteiger partial charge in [0.1, 0.15) is 11.6 Å². The minimum absolute atomic E-state index is 0.195. The molecule has 0 atom stereocenters. The Morgan fingerprint density at radius 3 is 2.56 bits per heavy atom. The number of nitrogens with zero attached hydrogens (tertiary/aromatic N) is 3. The molecule has 0 unspecified atom stereocenters. The molecule has 1 aliphatic heterocycles. The molecule has 2 heterocycles. The summed E-state index contributed by atoms with van der Waals surface area (Å²) in [4.78, 5) is 10.7. The smallest absolute Gasteiger partial charge is 0.191 e. The maximum atomic E-state index is 11.4. The van der Waals surface area contributed by atoms with Gasteiger partial charge in [0.05, 0.1) is 11.5 Å². The van der Waals surface area contributed by atoms with Gasteiger partial charge in [-0.1, -0.05) is 11.8 Å². The number of anilines is 2. The Morgan fingerprint density at radius 2 is 2.00 bits per heavy atom. The molecule has 0 radical (unpaired) electrons. The molecule has 100 valence electrons. The van der Waals surface area contributed by atoms with Crippen molar-refractivity contribution in [1.82, 2.24) is 9.97 Å². The van der Waals surface area contributed by atoms with Gasteiger partial charge < -0.3 is 10.2 Å². The van der Waals surface area contributed by atoms with Crippen molar-refractivity contribution in [3.8, 4) is 0 Å². The molecule has 1 saturated heterocycles. The third-order valence-electron chi connectivity index (χ3n) is 2.80. The Morgan fingerprint density at radius 1 is 1.33 bits per heavy atom. The van der Waals surface area contributed by atoms with Crippen LogP contribution in [0.15, 0.2) is 11.2 Å². The molecule has 0 aliphatic carbocycles. The molecule has 0 saturated carbocycles. The summed E-state index contributed by atoms with van der Waals surface area (Å²) in [6.07, 6.45) is 1.92. The van der Waals surface area contributed by atoms with Gasteiger partial charge in [-0.05, 0) is 6.26 Å². The molecule has 8 heteroatoms. The number of nitrogens with one attached hydrogen (secondary N) is 1. The highest BCUT2D eigenvalue weighted by Crippen LogP contribution is 2.21. The number of hydrogen-bond acceptors (Lipinski definition) is 7. The highest BCUT2D eigenvalue weighted by Gasteiger charge is 2.23. The summed E-state index contributed by atoms with van der Waals surface area (Å²) < 4.78 is 22.8. The van der Waals surface area contributed by atoms with Crippen LogP contribution < -0.4 is 10.2 Å². The van der Waals surface area contributed by atoms with Crippen molar-refractivity contribution >= 4 is 33.2 Å². The average molecular weight is 288 g/mol. The number of thioether (sulfide) groups is 1. The second-order valence-electron chi connectivity index (χ2n) is 3.99. The summed E-state index contributed by atoms with van der Waals surface area (Å²) in [6.45, 7) is 0.993. The summed E-state index contributed by atoms with van der Waals surface area (Å²) in [7, 11) is -1.06. The first-order chi connectivity index (χ1) is 8.54. The van der Waals surface area contributed by atoms with E-state index in [1.54, 1.807) is 7.05 Å². The molecule has 2 rings (SSSR count). The minimum atomic E-state index is -2.86. The molecule has 1 N–H and O–H groups in total. The van der Waals surface area contributed by atoms with E-state index >= 15 is 0 Å². The quantitative estimate of drug-likeness (QED) is 0.640. The van der Waals surface area contributed by atoms with E-state index in [1.807, 2.05) is 17.2 Å². The maximum absolute atomic E-state index is 11.4. The first-order valence-electron chi connectivity index (χ1n) is 5.60. The van der Waals surface area contributed by atoms with E-state index in [-0.39, 0.29) is 11.5 Å². The van der Waals surface area contributed by atoms with Crippen molar-refractivity contribution in [3.63, 3.8) is 0 Å². The Balaban J connectivity index is 2.23. The van der Waals surface area contributed by atoms with Crippen LogP contribution in [0.5, 0.6) is 0 Å². The Labute approximate surface area is 111 Å². The fourth-order valence-corrected chi connectivity index (χ4v) is 3.31. The second-order valence-corrected chi connectivity index (χ2v) is 7.06. The van der Waals surface area contributed by atoms with Crippen LogP contribution in [0.4, 0.5) is 11.6 Å². The molecule has 6 nitrogen and oxygen atoms in total. The topological polar surface area (TPSA) is 75.2 Å².